The molecule has 1 atom stereocenters. The molecule has 41 heavy (non-hydrogen) atoms. The van der Waals surface area contributed by atoms with Crippen LogP contribution in [0.5, 0.6) is 0 Å². The van der Waals surface area contributed by atoms with E-state index in [-0.39, 0.29) is 27.2 Å². The summed E-state index contributed by atoms with van der Waals surface area (Å²) in [7, 11) is 1.97. The molecule has 0 spiro atoms. The average molecular weight is 603 g/mol. The third kappa shape index (κ3) is 6.66. The molecule has 218 valence electrons. The molecule has 0 radical (unpaired) electrons. The summed E-state index contributed by atoms with van der Waals surface area (Å²) in [6.07, 6.45) is 6.01. The van der Waals surface area contributed by atoms with Gasteiger partial charge in [-0.1, -0.05) is 29.3 Å². The Morgan fingerprint density at radius 1 is 1.17 bits per heavy atom. The number of aromatic nitrogens is 4. The number of rotatable bonds is 11. The molecule has 0 amide bonds. The topological polar surface area (TPSA) is 130 Å². The lowest BCUT2D eigenvalue weighted by Gasteiger charge is -2.24. The lowest BCUT2D eigenvalue weighted by molar-refractivity contribution is -0.211. The average Bonchev–Trinajstić information content (AvgIpc) is 3.58. The zero-order chi connectivity index (χ0) is 29.1. The Bertz CT molecular complexity index is 1580. The van der Waals surface area contributed by atoms with Gasteiger partial charge in [0.05, 0.1) is 21.3 Å². The van der Waals surface area contributed by atoms with E-state index in [0.717, 1.165) is 29.2 Å². The van der Waals surface area contributed by atoms with Gasteiger partial charge < -0.3 is 35.2 Å². The Balaban J connectivity index is 1.43. The van der Waals surface area contributed by atoms with E-state index in [9.17, 15) is 15.0 Å². The number of aryl methyl sites for hydroxylation is 1. The fourth-order valence-corrected chi connectivity index (χ4v) is 5.42. The Morgan fingerprint density at radius 3 is 2.61 bits per heavy atom. The van der Waals surface area contributed by atoms with E-state index in [0.29, 0.717) is 17.5 Å². The van der Waals surface area contributed by atoms with Gasteiger partial charge in [-0.3, -0.25) is 4.79 Å². The number of likely N-dealkylation sites (tertiary alicyclic amines) is 1. The molecule has 13 heteroatoms. The van der Waals surface area contributed by atoms with E-state index in [1.807, 2.05) is 23.9 Å². The molecule has 11 nitrogen and oxygen atoms in total. The van der Waals surface area contributed by atoms with E-state index in [1.54, 1.807) is 24.3 Å². The first-order chi connectivity index (χ1) is 19.6. The zero-order valence-electron chi connectivity index (χ0n) is 22.9. The second-order valence-electron chi connectivity index (χ2n) is 10.3. The maximum Gasteiger partial charge on any atom is 0.293 e. The van der Waals surface area contributed by atoms with Crippen LogP contribution in [-0.2, 0) is 13.6 Å². The van der Waals surface area contributed by atoms with Crippen LogP contribution in [0, 0.1) is 0 Å². The van der Waals surface area contributed by atoms with E-state index in [4.69, 9.17) is 28.0 Å². The minimum atomic E-state index is -2.08. The van der Waals surface area contributed by atoms with Crippen LogP contribution in [0.2, 0.25) is 10.0 Å². The molecule has 0 unspecified atom stereocenters. The summed E-state index contributed by atoms with van der Waals surface area (Å²) in [5.74, 6) is -1.87. The summed E-state index contributed by atoms with van der Waals surface area (Å²) in [6.45, 7) is 5.48. The first-order valence-electron chi connectivity index (χ1n) is 13.4. The van der Waals surface area contributed by atoms with Gasteiger partial charge in [-0.2, -0.15) is 4.98 Å². The standard InChI is InChI=1S/C28H33Cl2N7O4/c1-28(40,17-38)41-37-25-18(12-21(26(37)39)24-22(29)6-5-7-23(24)30)14-32-27(34-25)33-19-13-20(35(2)16-19)15-31-8-11-36-9-3-4-10-36/h5-7,12-14,16,31,38,40H,3-4,8-11,15,17H2,1-2H3,(H,32,33,34)/t28-/m0/s1. The predicted octanol–water partition coefficient (Wildman–Crippen LogP) is 3.16. The number of hydrogen-bond acceptors (Lipinski definition) is 9. The fourth-order valence-electron chi connectivity index (χ4n) is 4.82. The van der Waals surface area contributed by atoms with Crippen LogP contribution in [0.1, 0.15) is 25.5 Å². The highest BCUT2D eigenvalue weighted by Gasteiger charge is 2.26. The minimum absolute atomic E-state index is 0.0767. The molecular formula is C28H33Cl2N7O4. The number of aliphatic hydroxyl groups excluding tert-OH is 1. The van der Waals surface area contributed by atoms with Crippen molar-refractivity contribution in [3.8, 4) is 11.1 Å². The number of anilines is 2. The first kappa shape index (κ1) is 29.3. The van der Waals surface area contributed by atoms with Crippen molar-refractivity contribution in [3.05, 3.63) is 68.8 Å². The molecule has 3 aromatic heterocycles. The maximum absolute atomic E-state index is 13.6. The van der Waals surface area contributed by atoms with Crippen molar-refractivity contribution < 1.29 is 15.1 Å². The summed E-state index contributed by atoms with van der Waals surface area (Å²) in [5, 5.41) is 27.7. The summed E-state index contributed by atoms with van der Waals surface area (Å²) in [4.78, 5) is 30.6. The van der Waals surface area contributed by atoms with Gasteiger partial charge in [0.25, 0.3) is 11.3 Å². The molecule has 4 N–H and O–H groups in total. The molecule has 1 fully saturated rings. The number of aliphatic hydroxyl groups is 2. The van der Waals surface area contributed by atoms with Crippen LogP contribution in [0.3, 0.4) is 0 Å². The van der Waals surface area contributed by atoms with Crippen LogP contribution in [0.15, 0.2) is 47.5 Å². The summed E-state index contributed by atoms with van der Waals surface area (Å²) in [5.41, 5.74) is 1.67. The highest BCUT2D eigenvalue weighted by molar-refractivity contribution is 6.39. The lowest BCUT2D eigenvalue weighted by Crippen LogP contribution is -2.45. The van der Waals surface area contributed by atoms with Crippen molar-refractivity contribution in [2.45, 2.75) is 32.1 Å². The summed E-state index contributed by atoms with van der Waals surface area (Å²) >= 11 is 12.8. The van der Waals surface area contributed by atoms with Gasteiger partial charge in [-0.25, -0.2) is 4.98 Å². The minimum Gasteiger partial charge on any atom is -0.389 e. The predicted molar refractivity (Wildman–Crippen MR) is 160 cm³/mol. The molecule has 4 heterocycles. The van der Waals surface area contributed by atoms with Crippen molar-refractivity contribution in [2.75, 3.05) is 38.1 Å². The van der Waals surface area contributed by atoms with Crippen molar-refractivity contribution in [1.29, 1.82) is 0 Å². The number of benzene rings is 1. The second-order valence-corrected chi connectivity index (χ2v) is 11.1. The van der Waals surface area contributed by atoms with Crippen LogP contribution < -0.4 is 21.0 Å². The number of nitrogens with one attached hydrogen (secondary N) is 2. The molecule has 0 aliphatic carbocycles. The molecule has 1 aliphatic heterocycles. The van der Waals surface area contributed by atoms with Crippen molar-refractivity contribution in [2.24, 2.45) is 7.05 Å². The Kier molecular flexibility index (Phi) is 8.83. The van der Waals surface area contributed by atoms with E-state index in [1.165, 1.54) is 39.1 Å². The zero-order valence-corrected chi connectivity index (χ0v) is 24.4. The molecule has 1 saturated heterocycles. The first-order valence-corrected chi connectivity index (χ1v) is 14.2. The van der Waals surface area contributed by atoms with Gasteiger partial charge in [0.15, 0.2) is 5.65 Å². The highest BCUT2D eigenvalue weighted by Crippen LogP contribution is 2.34. The quantitative estimate of drug-likeness (QED) is 0.151. The third-order valence-electron chi connectivity index (χ3n) is 6.99. The molecule has 0 bridgehead atoms. The van der Waals surface area contributed by atoms with Gasteiger partial charge in [-0.05, 0) is 50.2 Å². The maximum atomic E-state index is 13.6. The largest absolute Gasteiger partial charge is 0.389 e. The number of halogens is 2. The molecule has 0 saturated carbocycles. The molecule has 1 aromatic carbocycles. The lowest BCUT2D eigenvalue weighted by atomic mass is 10.1. The highest BCUT2D eigenvalue weighted by atomic mass is 35.5. The van der Waals surface area contributed by atoms with Crippen LogP contribution >= 0.6 is 23.2 Å². The van der Waals surface area contributed by atoms with Crippen LogP contribution in [0.25, 0.3) is 22.2 Å². The van der Waals surface area contributed by atoms with Crippen molar-refractivity contribution in [3.63, 3.8) is 0 Å². The van der Waals surface area contributed by atoms with Crippen molar-refractivity contribution in [1.82, 2.24) is 29.5 Å². The van der Waals surface area contributed by atoms with Crippen molar-refractivity contribution >= 4 is 45.9 Å². The van der Waals surface area contributed by atoms with Gasteiger partial charge in [0.2, 0.25) is 5.95 Å². The Hall–Kier alpha value is -3.19. The fraction of sp³-hybridized carbons (Fsp3) is 0.393. The molecular weight excluding hydrogens is 569 g/mol. The molecule has 4 aromatic rings. The summed E-state index contributed by atoms with van der Waals surface area (Å²) < 4.78 is 2.84. The Labute approximate surface area is 247 Å². The van der Waals surface area contributed by atoms with E-state index < -0.39 is 18.0 Å². The van der Waals surface area contributed by atoms with Gasteiger partial charge >= 0.3 is 0 Å². The number of hydrogen-bond donors (Lipinski definition) is 4. The van der Waals surface area contributed by atoms with E-state index in [2.05, 4.69) is 25.5 Å². The second kappa shape index (κ2) is 12.4. The summed E-state index contributed by atoms with van der Waals surface area (Å²) in [6, 6.07) is 8.46. The molecule has 5 rings (SSSR count). The SMILES string of the molecule is Cn1cc(Nc2ncc3cc(-c4c(Cl)cccc4Cl)c(=O)n(O[C@](C)(O)CO)c3n2)cc1CNCCN1CCCC1. The number of nitrogens with zero attached hydrogens (tertiary/aromatic N) is 5. The monoisotopic (exact) mass is 601 g/mol. The smallest absolute Gasteiger partial charge is 0.293 e. The number of pyridine rings is 1. The van der Waals surface area contributed by atoms with E-state index >= 15 is 0 Å². The van der Waals surface area contributed by atoms with Crippen LogP contribution in [-0.4, -0.2) is 73.0 Å². The normalized spacial score (nSPS) is 15.4. The van der Waals surface area contributed by atoms with Gasteiger partial charge in [0, 0.05) is 62.6 Å². The van der Waals surface area contributed by atoms with Gasteiger partial charge in [0.1, 0.15) is 6.61 Å². The third-order valence-corrected chi connectivity index (χ3v) is 7.62. The number of fused-ring (bicyclic) bond motifs is 1. The van der Waals surface area contributed by atoms with Gasteiger partial charge in [-0.15, -0.1) is 4.73 Å². The molecule has 1 aliphatic rings. The van der Waals surface area contributed by atoms with Crippen LogP contribution in [0.4, 0.5) is 11.6 Å². The Morgan fingerprint density at radius 2 is 1.90 bits per heavy atom.